The third-order valence-electron chi connectivity index (χ3n) is 3.55. The largest absolute Gasteiger partial charge is 0.481 e. The van der Waals surface area contributed by atoms with Crippen molar-refractivity contribution in [1.29, 1.82) is 0 Å². The van der Waals surface area contributed by atoms with Crippen LogP contribution in [0.4, 0.5) is 0 Å². The fraction of sp³-hybridized carbons (Fsp3) is 0.643. The molecule has 1 aromatic heterocycles. The van der Waals surface area contributed by atoms with Crippen LogP contribution in [0, 0.1) is 5.41 Å². The number of aromatic nitrogens is 1. The van der Waals surface area contributed by atoms with E-state index >= 15 is 0 Å². The Labute approximate surface area is 109 Å². The summed E-state index contributed by atoms with van der Waals surface area (Å²) in [6.07, 6.45) is 2.26. The molecule has 4 heteroatoms. The molecule has 2 heterocycles. The molecule has 0 saturated carbocycles. The van der Waals surface area contributed by atoms with Crippen molar-refractivity contribution in [3.05, 3.63) is 23.9 Å². The molecular weight excluding hydrogens is 228 g/mol. The van der Waals surface area contributed by atoms with Crippen LogP contribution < -0.4 is 10.1 Å². The molecule has 1 N–H and O–H groups in total. The SMILES string of the molecule is COc1cccc(CNCC2(C)CCOCC2)n1. The number of hydrogen-bond acceptors (Lipinski definition) is 4. The molecule has 1 saturated heterocycles. The molecule has 4 nitrogen and oxygen atoms in total. The first-order valence-corrected chi connectivity index (χ1v) is 6.50. The molecule has 1 fully saturated rings. The van der Waals surface area contributed by atoms with Gasteiger partial charge in [-0.2, -0.15) is 0 Å². The summed E-state index contributed by atoms with van der Waals surface area (Å²) in [4.78, 5) is 4.39. The molecule has 0 amide bonds. The second kappa shape index (κ2) is 6.16. The van der Waals surface area contributed by atoms with Gasteiger partial charge in [0.1, 0.15) is 0 Å². The maximum atomic E-state index is 5.40. The van der Waals surface area contributed by atoms with E-state index in [-0.39, 0.29) is 0 Å². The first kappa shape index (κ1) is 13.3. The Bertz CT molecular complexity index is 376. The van der Waals surface area contributed by atoms with Crippen LogP contribution in [0.25, 0.3) is 0 Å². The van der Waals surface area contributed by atoms with Crippen LogP contribution in [0.15, 0.2) is 18.2 Å². The van der Waals surface area contributed by atoms with Crippen LogP contribution in [0.3, 0.4) is 0 Å². The molecule has 0 aromatic carbocycles. The molecule has 0 aliphatic carbocycles. The minimum atomic E-state index is 0.358. The first-order valence-electron chi connectivity index (χ1n) is 6.50. The molecule has 18 heavy (non-hydrogen) atoms. The second-order valence-corrected chi connectivity index (χ2v) is 5.20. The van der Waals surface area contributed by atoms with E-state index in [2.05, 4.69) is 17.2 Å². The van der Waals surface area contributed by atoms with Crippen LogP contribution in [-0.4, -0.2) is 31.9 Å². The summed E-state index contributed by atoms with van der Waals surface area (Å²) >= 11 is 0. The van der Waals surface area contributed by atoms with Gasteiger partial charge in [0.15, 0.2) is 0 Å². The van der Waals surface area contributed by atoms with Crippen molar-refractivity contribution in [2.45, 2.75) is 26.3 Å². The Morgan fingerprint density at radius 3 is 2.89 bits per heavy atom. The van der Waals surface area contributed by atoms with Gasteiger partial charge in [0.05, 0.1) is 12.8 Å². The number of methoxy groups -OCH3 is 1. The summed E-state index contributed by atoms with van der Waals surface area (Å²) in [5, 5.41) is 3.49. The highest BCUT2D eigenvalue weighted by molar-refractivity contribution is 5.15. The summed E-state index contributed by atoms with van der Waals surface area (Å²) in [5.41, 5.74) is 1.38. The number of rotatable bonds is 5. The van der Waals surface area contributed by atoms with Gasteiger partial charge in [-0.3, -0.25) is 0 Å². The van der Waals surface area contributed by atoms with E-state index in [0.29, 0.717) is 11.3 Å². The highest BCUT2D eigenvalue weighted by atomic mass is 16.5. The lowest BCUT2D eigenvalue weighted by atomic mass is 9.82. The summed E-state index contributed by atoms with van der Waals surface area (Å²) in [6, 6.07) is 5.85. The Balaban J connectivity index is 1.80. The van der Waals surface area contributed by atoms with Crippen molar-refractivity contribution in [3.63, 3.8) is 0 Å². The smallest absolute Gasteiger partial charge is 0.213 e. The lowest BCUT2D eigenvalue weighted by Gasteiger charge is -2.33. The number of hydrogen-bond donors (Lipinski definition) is 1. The van der Waals surface area contributed by atoms with Crippen LogP contribution in [-0.2, 0) is 11.3 Å². The summed E-state index contributed by atoms with van der Waals surface area (Å²) < 4.78 is 10.5. The van der Waals surface area contributed by atoms with Crippen molar-refractivity contribution in [1.82, 2.24) is 10.3 Å². The zero-order chi connectivity index (χ0) is 12.8. The Hall–Kier alpha value is -1.13. The summed E-state index contributed by atoms with van der Waals surface area (Å²) in [7, 11) is 1.64. The number of pyridine rings is 1. The average Bonchev–Trinajstić information content (AvgIpc) is 2.40. The second-order valence-electron chi connectivity index (χ2n) is 5.20. The molecule has 0 spiro atoms. The van der Waals surface area contributed by atoms with Crippen LogP contribution in [0.1, 0.15) is 25.5 Å². The highest BCUT2D eigenvalue weighted by Gasteiger charge is 2.26. The first-order chi connectivity index (χ1) is 8.72. The van der Waals surface area contributed by atoms with Gasteiger partial charge in [-0.15, -0.1) is 0 Å². The standard InChI is InChI=1S/C14H22N2O2/c1-14(6-8-18-9-7-14)11-15-10-12-4-3-5-13(16-12)17-2/h3-5,15H,6-11H2,1-2H3. The fourth-order valence-corrected chi connectivity index (χ4v) is 2.20. The molecule has 0 unspecified atom stereocenters. The van der Waals surface area contributed by atoms with Gasteiger partial charge in [0, 0.05) is 32.4 Å². The fourth-order valence-electron chi connectivity index (χ4n) is 2.20. The van der Waals surface area contributed by atoms with Crippen LogP contribution in [0.2, 0.25) is 0 Å². The lowest BCUT2D eigenvalue weighted by Crippen LogP contribution is -2.36. The number of ether oxygens (including phenoxy) is 2. The molecule has 1 aliphatic rings. The summed E-state index contributed by atoms with van der Waals surface area (Å²) in [6.45, 7) is 5.88. The van der Waals surface area contributed by atoms with Gasteiger partial charge in [0.25, 0.3) is 0 Å². The predicted octanol–water partition coefficient (Wildman–Crippen LogP) is 2.00. The Morgan fingerprint density at radius 1 is 1.39 bits per heavy atom. The van der Waals surface area contributed by atoms with Gasteiger partial charge in [-0.25, -0.2) is 4.98 Å². The van der Waals surface area contributed by atoms with E-state index < -0.39 is 0 Å². The van der Waals surface area contributed by atoms with Crippen LogP contribution >= 0.6 is 0 Å². The Kier molecular flexibility index (Phi) is 4.55. The normalized spacial score (nSPS) is 18.6. The average molecular weight is 250 g/mol. The number of nitrogens with one attached hydrogen (secondary N) is 1. The number of nitrogens with zero attached hydrogens (tertiary/aromatic N) is 1. The highest BCUT2D eigenvalue weighted by Crippen LogP contribution is 2.28. The third-order valence-corrected chi connectivity index (χ3v) is 3.55. The topological polar surface area (TPSA) is 43.4 Å². The van der Waals surface area contributed by atoms with Gasteiger partial charge in [-0.05, 0) is 24.3 Å². The van der Waals surface area contributed by atoms with Crippen molar-refractivity contribution >= 4 is 0 Å². The van der Waals surface area contributed by atoms with Crippen molar-refractivity contribution < 1.29 is 9.47 Å². The van der Waals surface area contributed by atoms with Gasteiger partial charge in [0.2, 0.25) is 5.88 Å². The lowest BCUT2D eigenvalue weighted by molar-refractivity contribution is 0.0239. The van der Waals surface area contributed by atoms with E-state index in [1.165, 1.54) is 0 Å². The monoisotopic (exact) mass is 250 g/mol. The molecule has 100 valence electrons. The van der Waals surface area contributed by atoms with Crippen molar-refractivity contribution in [2.75, 3.05) is 26.9 Å². The van der Waals surface area contributed by atoms with Crippen molar-refractivity contribution in [2.24, 2.45) is 5.41 Å². The predicted molar refractivity (Wildman–Crippen MR) is 70.7 cm³/mol. The quantitative estimate of drug-likeness (QED) is 0.868. The molecular formula is C14H22N2O2. The molecule has 2 rings (SSSR count). The van der Waals surface area contributed by atoms with E-state index in [1.807, 2.05) is 18.2 Å². The molecule has 1 aromatic rings. The molecule has 0 radical (unpaired) electrons. The minimum absolute atomic E-state index is 0.358. The minimum Gasteiger partial charge on any atom is -0.481 e. The Morgan fingerprint density at radius 2 is 2.17 bits per heavy atom. The zero-order valence-electron chi connectivity index (χ0n) is 11.2. The summed E-state index contributed by atoms with van der Waals surface area (Å²) in [5.74, 6) is 0.673. The maximum Gasteiger partial charge on any atom is 0.213 e. The molecule has 1 aliphatic heterocycles. The van der Waals surface area contributed by atoms with Crippen LogP contribution in [0.5, 0.6) is 5.88 Å². The van der Waals surface area contributed by atoms with Gasteiger partial charge >= 0.3 is 0 Å². The van der Waals surface area contributed by atoms with E-state index in [1.54, 1.807) is 7.11 Å². The maximum absolute atomic E-state index is 5.40. The van der Waals surface area contributed by atoms with Gasteiger partial charge in [-0.1, -0.05) is 13.0 Å². The van der Waals surface area contributed by atoms with Crippen molar-refractivity contribution in [3.8, 4) is 5.88 Å². The van der Waals surface area contributed by atoms with Gasteiger partial charge < -0.3 is 14.8 Å². The molecule has 0 bridgehead atoms. The molecule has 0 atom stereocenters. The van der Waals surface area contributed by atoms with E-state index in [0.717, 1.165) is 44.8 Å². The zero-order valence-corrected chi connectivity index (χ0v) is 11.2. The van der Waals surface area contributed by atoms with E-state index in [4.69, 9.17) is 9.47 Å². The van der Waals surface area contributed by atoms with E-state index in [9.17, 15) is 0 Å². The third kappa shape index (κ3) is 3.68.